The highest BCUT2D eigenvalue weighted by atomic mass is 32.2. The molecule has 0 aliphatic carbocycles. The molecule has 1 aromatic heterocycles. The second kappa shape index (κ2) is 6.27. The number of thiophene rings is 1. The third kappa shape index (κ3) is 3.52. The highest BCUT2D eigenvalue weighted by Crippen LogP contribution is 2.27. The molecule has 0 fully saturated rings. The van der Waals surface area contributed by atoms with Crippen LogP contribution in [0.1, 0.15) is 34.5 Å². The molecule has 21 heavy (non-hydrogen) atoms. The molecule has 3 N–H and O–H groups in total. The molecular formula is C15H20N2O2S2. The summed E-state index contributed by atoms with van der Waals surface area (Å²) in [6.07, 6.45) is 0. The lowest BCUT2D eigenvalue weighted by molar-refractivity contribution is 0.566. The largest absolute Gasteiger partial charge is 0.326 e. The summed E-state index contributed by atoms with van der Waals surface area (Å²) >= 11 is 1.38. The van der Waals surface area contributed by atoms with E-state index < -0.39 is 10.0 Å². The third-order valence-electron chi connectivity index (χ3n) is 3.35. The minimum atomic E-state index is -3.57. The lowest BCUT2D eigenvalue weighted by Gasteiger charge is -2.15. The molecule has 0 bridgehead atoms. The summed E-state index contributed by atoms with van der Waals surface area (Å²) in [4.78, 5) is 1.02. The average molecular weight is 324 g/mol. The smallest absolute Gasteiger partial charge is 0.242 e. The van der Waals surface area contributed by atoms with Crippen molar-refractivity contribution in [2.45, 2.75) is 38.3 Å². The Morgan fingerprint density at radius 3 is 2.43 bits per heavy atom. The number of nitrogens with two attached hydrogens (primary N) is 1. The molecule has 4 nitrogen and oxygen atoms in total. The maximum atomic E-state index is 12.6. The molecule has 2 rings (SSSR count). The van der Waals surface area contributed by atoms with Crippen LogP contribution in [-0.2, 0) is 16.6 Å². The molecule has 1 aromatic carbocycles. The molecule has 0 aliphatic rings. The van der Waals surface area contributed by atoms with Gasteiger partial charge in [0.2, 0.25) is 10.0 Å². The SMILES string of the molecule is Cc1ccc(C(C)NS(=O)(=O)c2c(C)csc2CN)cc1. The Kier molecular flexibility index (Phi) is 4.83. The standard InChI is InChI=1S/C15H20N2O2S2/c1-10-4-6-13(7-5-10)12(3)17-21(18,19)15-11(2)9-20-14(15)8-16/h4-7,9,12,17H,8,16H2,1-3H3. The zero-order valence-corrected chi connectivity index (χ0v) is 14.0. The Hall–Kier alpha value is -1.21. The molecular weight excluding hydrogens is 304 g/mol. The summed E-state index contributed by atoms with van der Waals surface area (Å²) in [5, 5.41) is 1.83. The van der Waals surface area contributed by atoms with Crippen molar-refractivity contribution in [1.82, 2.24) is 4.72 Å². The van der Waals surface area contributed by atoms with E-state index in [9.17, 15) is 8.42 Å². The van der Waals surface area contributed by atoms with Gasteiger partial charge in [-0.05, 0) is 37.3 Å². The van der Waals surface area contributed by atoms with Crippen LogP contribution in [0, 0.1) is 13.8 Å². The predicted molar refractivity (Wildman–Crippen MR) is 86.9 cm³/mol. The molecule has 0 aliphatic heterocycles. The fourth-order valence-corrected chi connectivity index (χ4v) is 5.14. The second-order valence-corrected chi connectivity index (χ2v) is 7.74. The normalized spacial score (nSPS) is 13.3. The lowest BCUT2D eigenvalue weighted by atomic mass is 10.1. The van der Waals surface area contributed by atoms with E-state index in [4.69, 9.17) is 5.73 Å². The van der Waals surface area contributed by atoms with Crippen molar-refractivity contribution in [1.29, 1.82) is 0 Å². The molecule has 2 aromatic rings. The monoisotopic (exact) mass is 324 g/mol. The van der Waals surface area contributed by atoms with Crippen LogP contribution in [0.2, 0.25) is 0 Å². The van der Waals surface area contributed by atoms with E-state index in [1.54, 1.807) is 6.92 Å². The van der Waals surface area contributed by atoms with Crippen LogP contribution >= 0.6 is 11.3 Å². The highest BCUT2D eigenvalue weighted by Gasteiger charge is 2.24. The molecule has 0 saturated heterocycles. The van der Waals surface area contributed by atoms with E-state index in [2.05, 4.69) is 4.72 Å². The van der Waals surface area contributed by atoms with Crippen molar-refractivity contribution in [3.8, 4) is 0 Å². The van der Waals surface area contributed by atoms with Gasteiger partial charge in [-0.15, -0.1) is 11.3 Å². The third-order valence-corrected chi connectivity index (χ3v) is 6.38. The van der Waals surface area contributed by atoms with Gasteiger partial charge in [0.05, 0.1) is 0 Å². The highest BCUT2D eigenvalue weighted by molar-refractivity contribution is 7.89. The van der Waals surface area contributed by atoms with Gasteiger partial charge in [-0.25, -0.2) is 13.1 Å². The van der Waals surface area contributed by atoms with Crippen molar-refractivity contribution in [3.05, 3.63) is 51.2 Å². The van der Waals surface area contributed by atoms with Gasteiger partial charge in [0.25, 0.3) is 0 Å². The maximum Gasteiger partial charge on any atom is 0.242 e. The molecule has 6 heteroatoms. The summed E-state index contributed by atoms with van der Waals surface area (Å²) in [6.45, 7) is 5.86. The van der Waals surface area contributed by atoms with Gasteiger partial charge in [-0.2, -0.15) is 0 Å². The van der Waals surface area contributed by atoms with E-state index in [1.807, 2.05) is 43.5 Å². The molecule has 1 atom stereocenters. The summed E-state index contributed by atoms with van der Waals surface area (Å²) in [5.74, 6) is 0. The van der Waals surface area contributed by atoms with Crippen molar-refractivity contribution < 1.29 is 8.42 Å². The van der Waals surface area contributed by atoms with E-state index in [1.165, 1.54) is 11.3 Å². The summed E-state index contributed by atoms with van der Waals surface area (Å²) in [5.41, 5.74) is 8.46. The first kappa shape index (κ1) is 16.2. The topological polar surface area (TPSA) is 72.2 Å². The van der Waals surface area contributed by atoms with Gasteiger partial charge in [0, 0.05) is 17.5 Å². The number of aryl methyl sites for hydroxylation is 2. The van der Waals surface area contributed by atoms with Crippen LogP contribution in [0.25, 0.3) is 0 Å². The zero-order chi connectivity index (χ0) is 15.6. The number of hydrogen-bond acceptors (Lipinski definition) is 4. The first-order chi connectivity index (χ1) is 9.85. The summed E-state index contributed by atoms with van der Waals surface area (Å²) < 4.78 is 27.9. The lowest BCUT2D eigenvalue weighted by Crippen LogP contribution is -2.28. The van der Waals surface area contributed by atoms with Gasteiger partial charge in [-0.1, -0.05) is 29.8 Å². The number of hydrogen-bond donors (Lipinski definition) is 2. The molecule has 0 spiro atoms. The van der Waals surface area contributed by atoms with Crippen molar-refractivity contribution >= 4 is 21.4 Å². The van der Waals surface area contributed by atoms with Crippen molar-refractivity contribution in [2.24, 2.45) is 5.73 Å². The van der Waals surface area contributed by atoms with E-state index in [0.29, 0.717) is 9.77 Å². The van der Waals surface area contributed by atoms with Crippen LogP contribution in [0.3, 0.4) is 0 Å². The Balaban J connectivity index is 2.28. The van der Waals surface area contributed by atoms with Crippen LogP contribution in [0.5, 0.6) is 0 Å². The Morgan fingerprint density at radius 1 is 1.24 bits per heavy atom. The van der Waals surface area contributed by atoms with Gasteiger partial charge in [0.15, 0.2) is 0 Å². The average Bonchev–Trinajstić information content (AvgIpc) is 2.80. The number of nitrogens with one attached hydrogen (secondary N) is 1. The number of rotatable bonds is 5. The minimum absolute atomic E-state index is 0.230. The maximum absolute atomic E-state index is 12.6. The fourth-order valence-electron chi connectivity index (χ4n) is 2.20. The molecule has 0 radical (unpaired) electrons. The molecule has 0 saturated carbocycles. The van der Waals surface area contributed by atoms with Crippen LogP contribution in [-0.4, -0.2) is 8.42 Å². The minimum Gasteiger partial charge on any atom is -0.326 e. The Labute approximate surface area is 130 Å². The van der Waals surface area contributed by atoms with Crippen LogP contribution in [0.4, 0.5) is 0 Å². The van der Waals surface area contributed by atoms with E-state index in [0.717, 1.165) is 16.7 Å². The van der Waals surface area contributed by atoms with Crippen LogP contribution in [0.15, 0.2) is 34.5 Å². The first-order valence-corrected chi connectivity index (χ1v) is 9.07. The molecule has 1 unspecified atom stereocenters. The molecule has 0 amide bonds. The predicted octanol–water partition coefficient (Wildman–Crippen LogP) is 2.86. The van der Waals surface area contributed by atoms with E-state index >= 15 is 0 Å². The van der Waals surface area contributed by atoms with Crippen LogP contribution < -0.4 is 10.5 Å². The van der Waals surface area contributed by atoms with E-state index in [-0.39, 0.29) is 12.6 Å². The van der Waals surface area contributed by atoms with Gasteiger partial charge < -0.3 is 5.73 Å². The second-order valence-electron chi connectivity index (χ2n) is 5.13. The first-order valence-electron chi connectivity index (χ1n) is 6.71. The molecule has 114 valence electrons. The number of benzene rings is 1. The Morgan fingerprint density at radius 2 is 1.86 bits per heavy atom. The fraction of sp³-hybridized carbons (Fsp3) is 0.333. The van der Waals surface area contributed by atoms with Gasteiger partial charge in [-0.3, -0.25) is 0 Å². The molecule has 1 heterocycles. The van der Waals surface area contributed by atoms with Crippen molar-refractivity contribution in [2.75, 3.05) is 0 Å². The van der Waals surface area contributed by atoms with Crippen molar-refractivity contribution in [3.63, 3.8) is 0 Å². The quantitative estimate of drug-likeness (QED) is 0.888. The zero-order valence-electron chi connectivity index (χ0n) is 12.4. The Bertz CT molecular complexity index is 719. The van der Waals surface area contributed by atoms with Gasteiger partial charge >= 0.3 is 0 Å². The number of sulfonamides is 1. The summed E-state index contributed by atoms with van der Waals surface area (Å²) in [6, 6.07) is 7.53. The van der Waals surface area contributed by atoms with Gasteiger partial charge in [0.1, 0.15) is 4.90 Å². The summed E-state index contributed by atoms with van der Waals surface area (Å²) in [7, 11) is -3.57.